The summed E-state index contributed by atoms with van der Waals surface area (Å²) in [5.74, 6) is 1.74. The Morgan fingerprint density at radius 2 is 2.05 bits per heavy atom. The zero-order valence-electron chi connectivity index (χ0n) is 12.7. The first kappa shape index (κ1) is 16.1. The molecular formula is C16H25NO4. The fourth-order valence-electron chi connectivity index (χ4n) is 2.16. The number of hydrogen-bond acceptors (Lipinski definition) is 5. The van der Waals surface area contributed by atoms with Gasteiger partial charge in [0.2, 0.25) is 0 Å². The Morgan fingerprint density at radius 1 is 1.14 bits per heavy atom. The Labute approximate surface area is 126 Å². The van der Waals surface area contributed by atoms with E-state index in [2.05, 4.69) is 11.4 Å². The molecule has 1 N–H and O–H groups in total. The van der Waals surface area contributed by atoms with Crippen LogP contribution in [-0.2, 0) is 16.0 Å². The van der Waals surface area contributed by atoms with Gasteiger partial charge < -0.3 is 24.3 Å². The molecular weight excluding hydrogens is 270 g/mol. The van der Waals surface area contributed by atoms with Gasteiger partial charge in [-0.3, -0.25) is 0 Å². The van der Waals surface area contributed by atoms with Crippen LogP contribution in [-0.4, -0.2) is 46.7 Å². The Bertz CT molecular complexity index is 411. The van der Waals surface area contributed by atoms with Crippen molar-refractivity contribution in [1.82, 2.24) is 5.32 Å². The molecule has 0 amide bonds. The van der Waals surface area contributed by atoms with E-state index in [0.29, 0.717) is 13.2 Å². The molecule has 0 saturated heterocycles. The van der Waals surface area contributed by atoms with Gasteiger partial charge in [-0.25, -0.2) is 0 Å². The molecule has 21 heavy (non-hydrogen) atoms. The van der Waals surface area contributed by atoms with E-state index >= 15 is 0 Å². The van der Waals surface area contributed by atoms with Crippen molar-refractivity contribution in [1.29, 1.82) is 0 Å². The SMILES string of the molecule is COCCOCCCNCc1cccc2c1OCCCO2. The van der Waals surface area contributed by atoms with Crippen molar-refractivity contribution in [3.05, 3.63) is 23.8 Å². The van der Waals surface area contributed by atoms with Crippen LogP contribution in [0.1, 0.15) is 18.4 Å². The summed E-state index contributed by atoms with van der Waals surface area (Å²) in [7, 11) is 1.68. The lowest BCUT2D eigenvalue weighted by atomic mass is 10.2. The van der Waals surface area contributed by atoms with Crippen LogP contribution < -0.4 is 14.8 Å². The van der Waals surface area contributed by atoms with E-state index in [1.54, 1.807) is 7.11 Å². The zero-order chi connectivity index (χ0) is 14.8. The quantitative estimate of drug-likeness (QED) is 0.706. The van der Waals surface area contributed by atoms with Gasteiger partial charge in [-0.15, -0.1) is 0 Å². The number of rotatable bonds is 9. The molecule has 5 heteroatoms. The van der Waals surface area contributed by atoms with Crippen LogP contribution in [0.4, 0.5) is 0 Å². The number of methoxy groups -OCH3 is 1. The van der Waals surface area contributed by atoms with E-state index in [-0.39, 0.29) is 0 Å². The average Bonchev–Trinajstić information content (AvgIpc) is 2.76. The summed E-state index contributed by atoms with van der Waals surface area (Å²) >= 11 is 0. The number of benzene rings is 1. The third-order valence-electron chi connectivity index (χ3n) is 3.24. The molecule has 5 nitrogen and oxygen atoms in total. The summed E-state index contributed by atoms with van der Waals surface area (Å²) in [5.41, 5.74) is 1.15. The van der Waals surface area contributed by atoms with Gasteiger partial charge in [-0.1, -0.05) is 12.1 Å². The zero-order valence-corrected chi connectivity index (χ0v) is 12.7. The standard InChI is InChI=1S/C16H25NO4/c1-18-11-12-19-8-3-7-17-13-14-5-2-6-15-16(14)21-10-4-9-20-15/h2,5-6,17H,3-4,7-13H2,1H3. The summed E-state index contributed by atoms with van der Waals surface area (Å²) in [6.07, 6.45) is 1.91. The van der Waals surface area contributed by atoms with Crippen LogP contribution in [0, 0.1) is 0 Å². The number of ether oxygens (including phenoxy) is 4. The topological polar surface area (TPSA) is 49.0 Å². The molecule has 0 spiro atoms. The normalized spacial score (nSPS) is 14.0. The molecule has 0 unspecified atom stereocenters. The van der Waals surface area contributed by atoms with Crippen LogP contribution in [0.2, 0.25) is 0 Å². The third kappa shape index (κ3) is 5.53. The molecule has 2 rings (SSSR count). The third-order valence-corrected chi connectivity index (χ3v) is 3.24. The van der Waals surface area contributed by atoms with Crippen molar-refractivity contribution in [2.45, 2.75) is 19.4 Å². The highest BCUT2D eigenvalue weighted by Gasteiger charge is 2.13. The summed E-state index contributed by atoms with van der Waals surface area (Å²) in [5, 5.41) is 3.42. The first-order valence-electron chi connectivity index (χ1n) is 7.56. The van der Waals surface area contributed by atoms with Crippen LogP contribution in [0.15, 0.2) is 18.2 Å². The molecule has 1 aliphatic rings. The lowest BCUT2D eigenvalue weighted by molar-refractivity contribution is 0.0694. The number of para-hydroxylation sites is 1. The lowest BCUT2D eigenvalue weighted by Crippen LogP contribution is -2.17. The van der Waals surface area contributed by atoms with Crippen LogP contribution in [0.25, 0.3) is 0 Å². The summed E-state index contributed by atoms with van der Waals surface area (Å²) in [6.45, 7) is 5.21. The smallest absolute Gasteiger partial charge is 0.165 e. The molecule has 0 aromatic heterocycles. The first-order valence-corrected chi connectivity index (χ1v) is 7.56. The second-order valence-electron chi connectivity index (χ2n) is 4.93. The van der Waals surface area contributed by atoms with Crippen LogP contribution >= 0.6 is 0 Å². The van der Waals surface area contributed by atoms with Crippen molar-refractivity contribution in [2.75, 3.05) is 46.7 Å². The molecule has 118 valence electrons. The molecule has 0 aliphatic carbocycles. The van der Waals surface area contributed by atoms with E-state index in [4.69, 9.17) is 18.9 Å². The highest BCUT2D eigenvalue weighted by molar-refractivity contribution is 5.46. The largest absolute Gasteiger partial charge is 0.490 e. The minimum atomic E-state index is 0.654. The van der Waals surface area contributed by atoms with Gasteiger partial charge in [-0.05, 0) is 19.0 Å². The van der Waals surface area contributed by atoms with E-state index in [1.165, 1.54) is 0 Å². The van der Waals surface area contributed by atoms with Gasteiger partial charge in [0.05, 0.1) is 26.4 Å². The van der Waals surface area contributed by atoms with Crippen molar-refractivity contribution < 1.29 is 18.9 Å². The summed E-state index contributed by atoms with van der Waals surface area (Å²) in [6, 6.07) is 6.06. The molecule has 1 heterocycles. The van der Waals surface area contributed by atoms with Gasteiger partial charge >= 0.3 is 0 Å². The highest BCUT2D eigenvalue weighted by atomic mass is 16.5. The molecule has 0 atom stereocenters. The maximum absolute atomic E-state index is 5.80. The minimum Gasteiger partial charge on any atom is -0.490 e. The van der Waals surface area contributed by atoms with Crippen molar-refractivity contribution in [3.63, 3.8) is 0 Å². The second-order valence-corrected chi connectivity index (χ2v) is 4.93. The summed E-state index contributed by atoms with van der Waals surface area (Å²) in [4.78, 5) is 0. The highest BCUT2D eigenvalue weighted by Crippen LogP contribution is 2.32. The van der Waals surface area contributed by atoms with Gasteiger partial charge in [0.25, 0.3) is 0 Å². The van der Waals surface area contributed by atoms with Gasteiger partial charge in [0, 0.05) is 32.2 Å². The first-order chi connectivity index (χ1) is 10.4. The molecule has 1 aromatic carbocycles. The maximum atomic E-state index is 5.80. The molecule has 1 aliphatic heterocycles. The summed E-state index contributed by atoms with van der Waals surface area (Å²) < 4.78 is 21.8. The van der Waals surface area contributed by atoms with Gasteiger partial charge in [0.1, 0.15) is 0 Å². The Morgan fingerprint density at radius 3 is 2.95 bits per heavy atom. The fraction of sp³-hybridized carbons (Fsp3) is 0.625. The number of hydrogen-bond donors (Lipinski definition) is 1. The Hall–Kier alpha value is -1.30. The predicted molar refractivity (Wildman–Crippen MR) is 81.1 cm³/mol. The van der Waals surface area contributed by atoms with Crippen molar-refractivity contribution >= 4 is 0 Å². The fourth-order valence-corrected chi connectivity index (χ4v) is 2.16. The maximum Gasteiger partial charge on any atom is 0.165 e. The predicted octanol–water partition coefficient (Wildman–Crippen LogP) is 1.99. The Kier molecular flexibility index (Phi) is 7.35. The lowest BCUT2D eigenvalue weighted by Gasteiger charge is -2.13. The van der Waals surface area contributed by atoms with Gasteiger partial charge in [0.15, 0.2) is 11.5 Å². The number of nitrogens with one attached hydrogen (secondary N) is 1. The van der Waals surface area contributed by atoms with E-state index in [9.17, 15) is 0 Å². The van der Waals surface area contributed by atoms with E-state index in [0.717, 1.165) is 62.8 Å². The average molecular weight is 295 g/mol. The molecule has 0 saturated carbocycles. The second kappa shape index (κ2) is 9.60. The van der Waals surface area contributed by atoms with Crippen LogP contribution in [0.3, 0.4) is 0 Å². The van der Waals surface area contributed by atoms with Crippen LogP contribution in [0.5, 0.6) is 11.5 Å². The monoisotopic (exact) mass is 295 g/mol. The van der Waals surface area contributed by atoms with Crippen molar-refractivity contribution in [3.8, 4) is 11.5 Å². The molecule has 0 fully saturated rings. The minimum absolute atomic E-state index is 0.654. The van der Waals surface area contributed by atoms with E-state index < -0.39 is 0 Å². The Balaban J connectivity index is 1.69. The van der Waals surface area contributed by atoms with Gasteiger partial charge in [-0.2, -0.15) is 0 Å². The van der Waals surface area contributed by atoms with E-state index in [1.807, 2.05) is 12.1 Å². The van der Waals surface area contributed by atoms with Crippen molar-refractivity contribution in [2.24, 2.45) is 0 Å². The number of fused-ring (bicyclic) bond motifs is 1. The molecule has 0 radical (unpaired) electrons. The molecule has 0 bridgehead atoms. The molecule has 1 aromatic rings.